The van der Waals surface area contributed by atoms with Crippen molar-refractivity contribution >= 4 is 17.1 Å². The van der Waals surface area contributed by atoms with Crippen LogP contribution in [0.3, 0.4) is 0 Å². The fraction of sp³-hybridized carbons (Fsp3) is 0.294. The number of amides is 1. The van der Waals surface area contributed by atoms with Crippen LogP contribution >= 0.6 is 0 Å². The van der Waals surface area contributed by atoms with Gasteiger partial charge < -0.3 is 20.7 Å². The van der Waals surface area contributed by atoms with Crippen molar-refractivity contribution in [2.45, 2.75) is 24.6 Å². The number of hydrogen-bond acceptors (Lipinski definition) is 7. The van der Waals surface area contributed by atoms with E-state index in [0.717, 1.165) is 0 Å². The van der Waals surface area contributed by atoms with Crippen LogP contribution < -0.4 is 5.73 Å². The van der Waals surface area contributed by atoms with Crippen LogP contribution in [-0.2, 0) is 4.74 Å². The minimum Gasteiger partial charge on any atom is -0.394 e. The lowest BCUT2D eigenvalue weighted by atomic mass is 10.0. The van der Waals surface area contributed by atoms with Gasteiger partial charge in [-0.2, -0.15) is 0 Å². The summed E-state index contributed by atoms with van der Waals surface area (Å²) in [4.78, 5) is 24.3. The maximum absolute atomic E-state index is 14.5. The quantitative estimate of drug-likeness (QED) is 0.593. The molecule has 9 nitrogen and oxygen atoms in total. The van der Waals surface area contributed by atoms with Crippen LogP contribution in [0.15, 0.2) is 36.9 Å². The molecule has 0 spiro atoms. The molecule has 0 bridgehead atoms. The molecule has 0 unspecified atom stereocenters. The number of halogens is 1. The number of primary amides is 1. The molecule has 140 valence electrons. The van der Waals surface area contributed by atoms with E-state index in [1.807, 2.05) is 0 Å². The van der Waals surface area contributed by atoms with Gasteiger partial charge >= 0.3 is 0 Å². The zero-order valence-corrected chi connectivity index (χ0v) is 13.9. The van der Waals surface area contributed by atoms with Crippen molar-refractivity contribution in [1.29, 1.82) is 0 Å². The summed E-state index contributed by atoms with van der Waals surface area (Å²) in [5.74, 6) is -0.617. The third-order valence-corrected chi connectivity index (χ3v) is 4.55. The van der Waals surface area contributed by atoms with Crippen molar-refractivity contribution in [3.8, 4) is 11.3 Å². The van der Waals surface area contributed by atoms with E-state index in [1.165, 1.54) is 17.2 Å². The molecule has 3 aromatic rings. The van der Waals surface area contributed by atoms with Crippen LogP contribution in [0.5, 0.6) is 0 Å². The molecule has 1 amide bonds. The Morgan fingerprint density at radius 1 is 1.30 bits per heavy atom. The van der Waals surface area contributed by atoms with Crippen LogP contribution in [0, 0.1) is 0 Å². The third kappa shape index (κ3) is 2.74. The van der Waals surface area contributed by atoms with Gasteiger partial charge in [-0.15, -0.1) is 0 Å². The standard InChI is InChI=1S/C17H16FN5O4/c18-11-14(25)10(5-24)27-17(11)23-7-22-13-12(20-6-21-16(13)23)8-3-1-2-4-9(8)15(19)26/h1-4,6-7,10-11,14,17,24-25H,5H2,(H2,19,26)/t10-,11-,14-,17-/m1/s1. The topological polar surface area (TPSA) is 136 Å². The van der Waals surface area contributed by atoms with Crippen LogP contribution in [0.1, 0.15) is 16.6 Å². The highest BCUT2D eigenvalue weighted by atomic mass is 19.1. The van der Waals surface area contributed by atoms with Gasteiger partial charge in [0.1, 0.15) is 29.7 Å². The highest BCUT2D eigenvalue weighted by Gasteiger charge is 2.45. The number of aliphatic hydroxyl groups is 2. The Labute approximate surface area is 152 Å². The third-order valence-electron chi connectivity index (χ3n) is 4.55. The van der Waals surface area contributed by atoms with Gasteiger partial charge in [0.15, 0.2) is 18.0 Å². The summed E-state index contributed by atoms with van der Waals surface area (Å²) in [6, 6.07) is 6.66. The minimum atomic E-state index is -1.77. The number of benzene rings is 1. The lowest BCUT2D eigenvalue weighted by Gasteiger charge is -2.15. The summed E-state index contributed by atoms with van der Waals surface area (Å²) >= 11 is 0. The molecule has 10 heteroatoms. The smallest absolute Gasteiger partial charge is 0.249 e. The highest BCUT2D eigenvalue weighted by molar-refractivity contribution is 6.02. The van der Waals surface area contributed by atoms with E-state index >= 15 is 0 Å². The molecule has 1 aliphatic rings. The molecule has 1 fully saturated rings. The summed E-state index contributed by atoms with van der Waals surface area (Å²) in [5.41, 5.74) is 7.12. The Bertz CT molecular complexity index is 1010. The summed E-state index contributed by atoms with van der Waals surface area (Å²) in [5, 5.41) is 19.1. The number of imidazole rings is 1. The number of nitrogens with two attached hydrogens (primary N) is 1. The van der Waals surface area contributed by atoms with E-state index in [4.69, 9.17) is 10.5 Å². The molecule has 0 saturated carbocycles. The summed E-state index contributed by atoms with van der Waals surface area (Å²) < 4.78 is 21.2. The number of rotatable bonds is 4. The monoisotopic (exact) mass is 373 g/mol. The number of carbonyl (C=O) groups is 1. The van der Waals surface area contributed by atoms with Gasteiger partial charge in [0.05, 0.1) is 12.9 Å². The van der Waals surface area contributed by atoms with Crippen LogP contribution in [0.4, 0.5) is 4.39 Å². The van der Waals surface area contributed by atoms with Crippen molar-refractivity contribution in [2.75, 3.05) is 6.61 Å². The van der Waals surface area contributed by atoms with Gasteiger partial charge in [-0.1, -0.05) is 18.2 Å². The molecule has 4 atom stereocenters. The van der Waals surface area contributed by atoms with E-state index in [-0.39, 0.29) is 11.2 Å². The summed E-state index contributed by atoms with van der Waals surface area (Å²) in [6.07, 6.45) is -2.89. The fourth-order valence-electron chi connectivity index (χ4n) is 3.22. The SMILES string of the molecule is NC(=O)c1ccccc1-c1ncnc2c1ncn2[C@@H]1O[C@H](CO)[C@@H](O)[C@H]1F. The lowest BCUT2D eigenvalue weighted by Crippen LogP contribution is -2.30. The van der Waals surface area contributed by atoms with Crippen molar-refractivity contribution in [2.24, 2.45) is 5.73 Å². The number of carbonyl (C=O) groups excluding carboxylic acids is 1. The number of aromatic nitrogens is 4. The van der Waals surface area contributed by atoms with Crippen molar-refractivity contribution in [3.05, 3.63) is 42.5 Å². The van der Waals surface area contributed by atoms with E-state index in [1.54, 1.807) is 24.3 Å². The highest BCUT2D eigenvalue weighted by Crippen LogP contribution is 2.35. The number of nitrogens with zero attached hydrogens (tertiary/aromatic N) is 4. The molecule has 2 aromatic heterocycles. The van der Waals surface area contributed by atoms with Crippen molar-refractivity contribution < 1.29 is 24.1 Å². The number of hydrogen-bond donors (Lipinski definition) is 3. The lowest BCUT2D eigenvalue weighted by molar-refractivity contribution is -0.0459. The number of aliphatic hydroxyl groups excluding tert-OH is 2. The summed E-state index contributed by atoms with van der Waals surface area (Å²) in [6.45, 7) is -0.517. The Hall–Kier alpha value is -2.95. The second kappa shape index (κ2) is 6.65. The summed E-state index contributed by atoms with van der Waals surface area (Å²) in [7, 11) is 0. The zero-order chi connectivity index (χ0) is 19.1. The molecule has 3 heterocycles. The van der Waals surface area contributed by atoms with Gasteiger partial charge in [0.2, 0.25) is 5.91 Å². The molecule has 1 aromatic carbocycles. The van der Waals surface area contributed by atoms with Crippen LogP contribution in [-0.4, -0.2) is 60.6 Å². The second-order valence-electron chi connectivity index (χ2n) is 6.14. The molecule has 1 aliphatic heterocycles. The first-order valence-corrected chi connectivity index (χ1v) is 8.18. The van der Waals surface area contributed by atoms with E-state index < -0.39 is 37.1 Å². The van der Waals surface area contributed by atoms with E-state index in [9.17, 15) is 19.4 Å². The molecule has 4 N–H and O–H groups in total. The van der Waals surface area contributed by atoms with Gasteiger partial charge in [0.25, 0.3) is 0 Å². The molecule has 0 radical (unpaired) electrons. The maximum Gasteiger partial charge on any atom is 0.249 e. The molecular formula is C17H16FN5O4. The first kappa shape index (κ1) is 17.5. The van der Waals surface area contributed by atoms with Crippen molar-refractivity contribution in [1.82, 2.24) is 19.5 Å². The number of alkyl halides is 1. The largest absolute Gasteiger partial charge is 0.394 e. The maximum atomic E-state index is 14.5. The number of ether oxygens (including phenoxy) is 1. The van der Waals surface area contributed by atoms with Crippen LogP contribution in [0.25, 0.3) is 22.4 Å². The molecule has 1 saturated heterocycles. The zero-order valence-electron chi connectivity index (χ0n) is 13.9. The van der Waals surface area contributed by atoms with Gasteiger partial charge in [-0.3, -0.25) is 9.36 Å². The second-order valence-corrected chi connectivity index (χ2v) is 6.14. The first-order valence-electron chi connectivity index (χ1n) is 8.18. The molecular weight excluding hydrogens is 357 g/mol. The first-order chi connectivity index (χ1) is 13.0. The Morgan fingerprint density at radius 2 is 2.07 bits per heavy atom. The average Bonchev–Trinajstić information content (AvgIpc) is 3.23. The molecule has 27 heavy (non-hydrogen) atoms. The number of fused-ring (bicyclic) bond motifs is 1. The fourth-order valence-corrected chi connectivity index (χ4v) is 3.22. The predicted molar refractivity (Wildman–Crippen MR) is 91.2 cm³/mol. The van der Waals surface area contributed by atoms with E-state index in [2.05, 4.69) is 15.0 Å². The Morgan fingerprint density at radius 3 is 2.78 bits per heavy atom. The minimum absolute atomic E-state index is 0.262. The van der Waals surface area contributed by atoms with Crippen LogP contribution in [0.2, 0.25) is 0 Å². The van der Waals surface area contributed by atoms with Gasteiger partial charge in [-0.05, 0) is 6.07 Å². The van der Waals surface area contributed by atoms with E-state index in [0.29, 0.717) is 16.8 Å². The predicted octanol–water partition coefficient (Wildman–Crippen LogP) is 0.181. The Kier molecular flexibility index (Phi) is 4.30. The van der Waals surface area contributed by atoms with Crippen molar-refractivity contribution in [3.63, 3.8) is 0 Å². The normalized spacial score (nSPS) is 25.1. The van der Waals surface area contributed by atoms with Gasteiger partial charge in [-0.25, -0.2) is 19.3 Å². The molecule has 4 rings (SSSR count). The molecule has 0 aliphatic carbocycles. The Balaban J connectivity index is 1.84. The average molecular weight is 373 g/mol. The van der Waals surface area contributed by atoms with Gasteiger partial charge in [0, 0.05) is 11.1 Å².